The molecule has 6 nitrogen and oxygen atoms in total. The summed E-state index contributed by atoms with van der Waals surface area (Å²) in [5.74, 6) is -1.00. The molecule has 2 atom stereocenters. The van der Waals surface area contributed by atoms with E-state index >= 15 is 0 Å². The van der Waals surface area contributed by atoms with Gasteiger partial charge in [-0.05, 0) is 25.8 Å². The van der Waals surface area contributed by atoms with E-state index in [-0.39, 0.29) is 17.6 Å². The third kappa shape index (κ3) is 5.38. The number of carbonyl (C=O) groups is 2. The van der Waals surface area contributed by atoms with Crippen molar-refractivity contribution in [2.45, 2.75) is 45.8 Å². The van der Waals surface area contributed by atoms with Crippen LogP contribution in [0.2, 0.25) is 0 Å². The SMILES string of the molecule is CCCC(NC(=O)C(C)OC(=O)c1cnc(C)cn1)c1ccccc1. The molecule has 0 saturated heterocycles. The smallest absolute Gasteiger partial charge is 0.359 e. The van der Waals surface area contributed by atoms with Gasteiger partial charge in [-0.15, -0.1) is 0 Å². The van der Waals surface area contributed by atoms with Gasteiger partial charge in [-0.3, -0.25) is 9.78 Å². The molecule has 0 bridgehead atoms. The number of hydrogen-bond acceptors (Lipinski definition) is 5. The molecule has 0 saturated carbocycles. The maximum atomic E-state index is 12.4. The standard InChI is InChI=1S/C19H23N3O3/c1-4-8-16(15-9-6-5-7-10-15)22-18(23)14(3)25-19(24)17-12-20-13(2)11-21-17/h5-7,9-12,14,16H,4,8H2,1-3H3,(H,22,23). The maximum Gasteiger partial charge on any atom is 0.359 e. The zero-order valence-electron chi connectivity index (χ0n) is 14.7. The van der Waals surface area contributed by atoms with Gasteiger partial charge in [-0.2, -0.15) is 0 Å². The van der Waals surface area contributed by atoms with Crippen LogP contribution < -0.4 is 5.32 Å². The number of aromatic nitrogens is 2. The van der Waals surface area contributed by atoms with E-state index in [1.54, 1.807) is 13.8 Å². The quantitative estimate of drug-likeness (QED) is 0.783. The van der Waals surface area contributed by atoms with Crippen LogP contribution in [-0.4, -0.2) is 27.9 Å². The van der Waals surface area contributed by atoms with E-state index in [0.29, 0.717) is 5.69 Å². The van der Waals surface area contributed by atoms with Crippen molar-refractivity contribution in [3.63, 3.8) is 0 Å². The van der Waals surface area contributed by atoms with Crippen molar-refractivity contribution in [1.82, 2.24) is 15.3 Å². The minimum atomic E-state index is -0.918. The van der Waals surface area contributed by atoms with Crippen LogP contribution in [0.3, 0.4) is 0 Å². The predicted molar refractivity (Wildman–Crippen MR) is 93.9 cm³/mol. The van der Waals surface area contributed by atoms with Gasteiger partial charge in [-0.1, -0.05) is 43.7 Å². The summed E-state index contributed by atoms with van der Waals surface area (Å²) in [6.45, 7) is 5.38. The highest BCUT2D eigenvalue weighted by Crippen LogP contribution is 2.18. The molecule has 6 heteroatoms. The molecule has 1 heterocycles. The number of ether oxygens (including phenoxy) is 1. The predicted octanol–water partition coefficient (Wildman–Crippen LogP) is 2.99. The molecule has 25 heavy (non-hydrogen) atoms. The van der Waals surface area contributed by atoms with Gasteiger partial charge >= 0.3 is 5.97 Å². The molecule has 0 aliphatic rings. The number of amides is 1. The summed E-state index contributed by atoms with van der Waals surface area (Å²) < 4.78 is 5.20. The summed E-state index contributed by atoms with van der Waals surface area (Å²) in [6, 6.07) is 9.63. The number of benzene rings is 1. The number of carbonyl (C=O) groups excluding carboxylic acids is 2. The molecule has 0 aliphatic carbocycles. The number of nitrogens with zero attached hydrogens (tertiary/aromatic N) is 2. The van der Waals surface area contributed by atoms with Gasteiger partial charge in [-0.25, -0.2) is 9.78 Å². The van der Waals surface area contributed by atoms with E-state index in [4.69, 9.17) is 4.74 Å². The topological polar surface area (TPSA) is 81.2 Å². The van der Waals surface area contributed by atoms with Gasteiger partial charge < -0.3 is 10.1 Å². The fourth-order valence-corrected chi connectivity index (χ4v) is 2.36. The Morgan fingerprint density at radius 2 is 1.88 bits per heavy atom. The normalized spacial score (nSPS) is 12.9. The van der Waals surface area contributed by atoms with Crippen LogP contribution >= 0.6 is 0 Å². The molecule has 0 aliphatic heterocycles. The van der Waals surface area contributed by atoms with E-state index in [2.05, 4.69) is 22.2 Å². The van der Waals surface area contributed by atoms with E-state index in [1.807, 2.05) is 30.3 Å². The molecule has 132 valence electrons. The van der Waals surface area contributed by atoms with Crippen LogP contribution in [0.4, 0.5) is 0 Å². The lowest BCUT2D eigenvalue weighted by atomic mass is 10.0. The molecule has 2 rings (SSSR count). The third-order valence-corrected chi connectivity index (χ3v) is 3.74. The highest BCUT2D eigenvalue weighted by molar-refractivity contribution is 5.90. The van der Waals surface area contributed by atoms with Crippen LogP contribution in [0.15, 0.2) is 42.7 Å². The lowest BCUT2D eigenvalue weighted by Gasteiger charge is -2.21. The summed E-state index contributed by atoms with van der Waals surface area (Å²) >= 11 is 0. The fraction of sp³-hybridized carbons (Fsp3) is 0.368. The monoisotopic (exact) mass is 341 g/mol. The van der Waals surface area contributed by atoms with Crippen molar-refractivity contribution in [3.05, 3.63) is 59.7 Å². The first kappa shape index (κ1) is 18.6. The molecule has 1 amide bonds. The van der Waals surface area contributed by atoms with Crippen LogP contribution in [0.25, 0.3) is 0 Å². The highest BCUT2D eigenvalue weighted by Gasteiger charge is 2.22. The fourth-order valence-electron chi connectivity index (χ4n) is 2.36. The van der Waals surface area contributed by atoms with Crippen LogP contribution in [0.1, 0.15) is 54.5 Å². The summed E-state index contributed by atoms with van der Waals surface area (Å²) in [4.78, 5) is 32.4. The number of rotatable bonds is 7. The minimum absolute atomic E-state index is 0.0819. The maximum absolute atomic E-state index is 12.4. The first-order chi connectivity index (χ1) is 12.0. The Bertz CT molecular complexity index is 702. The summed E-state index contributed by atoms with van der Waals surface area (Å²) in [6.07, 6.45) is 3.63. The Morgan fingerprint density at radius 3 is 2.48 bits per heavy atom. The van der Waals surface area contributed by atoms with Crippen molar-refractivity contribution in [1.29, 1.82) is 0 Å². The Labute approximate surface area is 147 Å². The zero-order valence-corrected chi connectivity index (χ0v) is 14.7. The van der Waals surface area contributed by atoms with Crippen LogP contribution in [-0.2, 0) is 9.53 Å². The summed E-state index contributed by atoms with van der Waals surface area (Å²) in [5.41, 5.74) is 1.81. The molecule has 0 fully saturated rings. The lowest BCUT2D eigenvalue weighted by molar-refractivity contribution is -0.130. The first-order valence-corrected chi connectivity index (χ1v) is 8.36. The van der Waals surface area contributed by atoms with Crippen LogP contribution in [0, 0.1) is 6.92 Å². The van der Waals surface area contributed by atoms with Gasteiger partial charge in [0.2, 0.25) is 0 Å². The summed E-state index contributed by atoms with van der Waals surface area (Å²) in [5, 5.41) is 2.95. The molecule has 1 N–H and O–H groups in total. The highest BCUT2D eigenvalue weighted by atomic mass is 16.5. The van der Waals surface area contributed by atoms with Gasteiger partial charge in [0.05, 0.1) is 17.9 Å². The Hall–Kier alpha value is -2.76. The second kappa shape index (κ2) is 8.92. The van der Waals surface area contributed by atoms with E-state index in [9.17, 15) is 9.59 Å². The molecule has 0 radical (unpaired) electrons. The number of aryl methyl sites for hydroxylation is 1. The van der Waals surface area contributed by atoms with Crippen molar-refractivity contribution < 1.29 is 14.3 Å². The zero-order chi connectivity index (χ0) is 18.2. The van der Waals surface area contributed by atoms with Crippen molar-refractivity contribution >= 4 is 11.9 Å². The average molecular weight is 341 g/mol. The summed E-state index contributed by atoms with van der Waals surface area (Å²) in [7, 11) is 0. The largest absolute Gasteiger partial charge is 0.448 e. The first-order valence-electron chi connectivity index (χ1n) is 8.36. The van der Waals surface area contributed by atoms with Gasteiger partial charge in [0, 0.05) is 6.20 Å². The second-order valence-corrected chi connectivity index (χ2v) is 5.85. The molecular weight excluding hydrogens is 318 g/mol. The molecule has 1 aromatic carbocycles. The molecule has 2 unspecified atom stereocenters. The number of nitrogens with one attached hydrogen (secondary N) is 1. The molecular formula is C19H23N3O3. The van der Waals surface area contributed by atoms with Gasteiger partial charge in [0.25, 0.3) is 5.91 Å². The number of hydrogen-bond donors (Lipinski definition) is 1. The Kier molecular flexibility index (Phi) is 6.62. The molecule has 0 spiro atoms. The lowest BCUT2D eigenvalue weighted by Crippen LogP contribution is -2.38. The Balaban J connectivity index is 1.98. The number of esters is 1. The van der Waals surface area contributed by atoms with Gasteiger partial charge in [0.15, 0.2) is 11.8 Å². The van der Waals surface area contributed by atoms with E-state index < -0.39 is 12.1 Å². The minimum Gasteiger partial charge on any atom is -0.448 e. The van der Waals surface area contributed by atoms with Crippen molar-refractivity contribution in [2.24, 2.45) is 0 Å². The van der Waals surface area contributed by atoms with Gasteiger partial charge in [0.1, 0.15) is 0 Å². The van der Waals surface area contributed by atoms with Crippen molar-refractivity contribution in [3.8, 4) is 0 Å². The average Bonchev–Trinajstić information content (AvgIpc) is 2.62. The third-order valence-electron chi connectivity index (χ3n) is 3.74. The van der Waals surface area contributed by atoms with E-state index in [0.717, 1.165) is 18.4 Å². The Morgan fingerprint density at radius 1 is 1.16 bits per heavy atom. The van der Waals surface area contributed by atoms with Crippen molar-refractivity contribution in [2.75, 3.05) is 0 Å². The van der Waals surface area contributed by atoms with E-state index in [1.165, 1.54) is 12.4 Å². The molecule has 2 aromatic rings. The second-order valence-electron chi connectivity index (χ2n) is 5.85. The molecule has 1 aromatic heterocycles. The van der Waals surface area contributed by atoms with Crippen LogP contribution in [0.5, 0.6) is 0 Å².